The Labute approximate surface area is 75.8 Å². The molecule has 0 aliphatic carbocycles. The van der Waals surface area contributed by atoms with E-state index in [1.807, 2.05) is 13.0 Å². The Bertz CT molecular complexity index is 288. The summed E-state index contributed by atoms with van der Waals surface area (Å²) in [5, 5.41) is 2.55. The van der Waals surface area contributed by atoms with Gasteiger partial charge >= 0.3 is 0 Å². The Morgan fingerprint density at radius 3 is 3.08 bits per heavy atom. The highest BCUT2D eigenvalue weighted by Crippen LogP contribution is 2.04. The molecule has 0 aliphatic rings. The Balaban J connectivity index is 2.69. The third-order valence-corrected chi connectivity index (χ3v) is 1.55. The summed E-state index contributed by atoms with van der Waals surface area (Å²) in [6.45, 7) is 1.93. The van der Waals surface area contributed by atoms with Crippen LogP contribution in [0.5, 0.6) is 0 Å². The third-order valence-electron chi connectivity index (χ3n) is 1.30. The smallest absolute Gasteiger partial charge is 0.240 e. The molecule has 1 rings (SSSR count). The van der Waals surface area contributed by atoms with E-state index in [4.69, 9.17) is 11.6 Å². The molecule has 1 aromatic rings. The number of nitrogens with zero attached hydrogens (tertiary/aromatic N) is 1. The lowest BCUT2D eigenvalue weighted by atomic mass is 10.3. The average molecular weight is 185 g/mol. The number of alkyl halides is 1. The van der Waals surface area contributed by atoms with Gasteiger partial charge < -0.3 is 5.32 Å². The fourth-order valence-electron chi connectivity index (χ4n) is 0.781. The number of aryl methyl sites for hydroxylation is 1. The number of rotatable bonds is 2. The highest BCUT2D eigenvalue weighted by atomic mass is 35.5. The zero-order valence-corrected chi connectivity index (χ0v) is 7.43. The normalized spacial score (nSPS) is 9.50. The van der Waals surface area contributed by atoms with E-state index in [1.54, 1.807) is 12.3 Å². The zero-order chi connectivity index (χ0) is 8.97. The number of nitrogens with one attached hydrogen (secondary N) is 1. The van der Waals surface area contributed by atoms with Crippen LogP contribution >= 0.6 is 11.6 Å². The molecular formula is C8H9ClN2O. The Hall–Kier alpha value is -1.09. The molecule has 12 heavy (non-hydrogen) atoms. The van der Waals surface area contributed by atoms with E-state index >= 15 is 0 Å². The van der Waals surface area contributed by atoms with Crippen molar-refractivity contribution in [1.29, 1.82) is 0 Å². The SMILES string of the molecule is Cc1ccnc(NC(=O)CCl)c1. The van der Waals surface area contributed by atoms with Gasteiger partial charge in [-0.3, -0.25) is 4.79 Å². The van der Waals surface area contributed by atoms with Crippen molar-refractivity contribution >= 4 is 23.3 Å². The fourth-order valence-corrected chi connectivity index (χ4v) is 0.848. The maximum atomic E-state index is 10.8. The molecule has 0 bridgehead atoms. The maximum Gasteiger partial charge on any atom is 0.240 e. The quantitative estimate of drug-likeness (QED) is 0.709. The number of hydrogen-bond acceptors (Lipinski definition) is 2. The third kappa shape index (κ3) is 2.51. The van der Waals surface area contributed by atoms with E-state index in [0.717, 1.165) is 5.56 Å². The molecule has 0 aliphatic heterocycles. The molecule has 1 heterocycles. The molecule has 1 amide bonds. The summed E-state index contributed by atoms with van der Waals surface area (Å²) in [6, 6.07) is 3.64. The summed E-state index contributed by atoms with van der Waals surface area (Å²) in [6.07, 6.45) is 1.64. The van der Waals surface area contributed by atoms with Gasteiger partial charge in [-0.1, -0.05) is 0 Å². The van der Waals surface area contributed by atoms with Crippen molar-refractivity contribution in [2.45, 2.75) is 6.92 Å². The molecule has 1 aromatic heterocycles. The van der Waals surface area contributed by atoms with Crippen molar-refractivity contribution in [3.8, 4) is 0 Å². The summed E-state index contributed by atoms with van der Waals surface area (Å²) < 4.78 is 0. The van der Waals surface area contributed by atoms with Gasteiger partial charge in [-0.15, -0.1) is 11.6 Å². The molecule has 0 saturated heterocycles. The van der Waals surface area contributed by atoms with Crippen molar-refractivity contribution in [1.82, 2.24) is 4.98 Å². The average Bonchev–Trinajstić information content (AvgIpc) is 2.04. The fraction of sp³-hybridized carbons (Fsp3) is 0.250. The summed E-state index contributed by atoms with van der Waals surface area (Å²) in [7, 11) is 0. The van der Waals surface area contributed by atoms with Gasteiger partial charge in [-0.2, -0.15) is 0 Å². The number of anilines is 1. The first-order chi connectivity index (χ1) is 5.72. The van der Waals surface area contributed by atoms with Gasteiger partial charge in [0.15, 0.2) is 0 Å². The molecule has 3 nitrogen and oxygen atoms in total. The summed E-state index contributed by atoms with van der Waals surface area (Å²) in [5.74, 6) is 0.255. The van der Waals surface area contributed by atoms with Crippen LogP contribution in [0.2, 0.25) is 0 Å². The highest BCUT2D eigenvalue weighted by molar-refractivity contribution is 6.28. The summed E-state index contributed by atoms with van der Waals surface area (Å²) in [4.78, 5) is 14.7. The molecule has 0 atom stereocenters. The second kappa shape index (κ2) is 4.07. The molecule has 0 radical (unpaired) electrons. The van der Waals surface area contributed by atoms with Crippen LogP contribution in [0.25, 0.3) is 0 Å². The highest BCUT2D eigenvalue weighted by Gasteiger charge is 1.99. The van der Waals surface area contributed by atoms with Crippen LogP contribution in [0.1, 0.15) is 5.56 Å². The second-order valence-corrected chi connectivity index (χ2v) is 2.67. The van der Waals surface area contributed by atoms with Crippen LogP contribution in [-0.4, -0.2) is 16.8 Å². The Morgan fingerprint density at radius 2 is 2.50 bits per heavy atom. The molecule has 0 spiro atoms. The summed E-state index contributed by atoms with van der Waals surface area (Å²) >= 11 is 5.30. The Kier molecular flexibility index (Phi) is 3.05. The molecular weight excluding hydrogens is 176 g/mol. The van der Waals surface area contributed by atoms with Gasteiger partial charge in [0.2, 0.25) is 5.91 Å². The van der Waals surface area contributed by atoms with Crippen LogP contribution in [0.3, 0.4) is 0 Å². The summed E-state index contributed by atoms with van der Waals surface area (Å²) in [5.41, 5.74) is 1.05. The standard InChI is InChI=1S/C8H9ClN2O/c1-6-2-3-10-7(4-6)11-8(12)5-9/h2-4H,5H2,1H3,(H,10,11,12). The van der Waals surface area contributed by atoms with Crippen LogP contribution < -0.4 is 5.32 Å². The van der Waals surface area contributed by atoms with Gasteiger partial charge in [0.05, 0.1) is 0 Å². The van der Waals surface area contributed by atoms with E-state index in [2.05, 4.69) is 10.3 Å². The minimum Gasteiger partial charge on any atom is -0.310 e. The largest absolute Gasteiger partial charge is 0.310 e. The lowest BCUT2D eigenvalue weighted by Crippen LogP contribution is -2.13. The molecule has 0 fully saturated rings. The van der Waals surface area contributed by atoms with Crippen molar-refractivity contribution in [2.75, 3.05) is 11.2 Å². The second-order valence-electron chi connectivity index (χ2n) is 2.40. The number of amides is 1. The van der Waals surface area contributed by atoms with E-state index < -0.39 is 0 Å². The maximum absolute atomic E-state index is 10.8. The first-order valence-electron chi connectivity index (χ1n) is 3.51. The van der Waals surface area contributed by atoms with Crippen molar-refractivity contribution in [3.63, 3.8) is 0 Å². The van der Waals surface area contributed by atoms with Gasteiger partial charge in [0, 0.05) is 6.20 Å². The number of carbonyl (C=O) groups is 1. The molecule has 4 heteroatoms. The molecule has 0 aromatic carbocycles. The van der Waals surface area contributed by atoms with Crippen molar-refractivity contribution in [3.05, 3.63) is 23.9 Å². The van der Waals surface area contributed by atoms with E-state index in [9.17, 15) is 4.79 Å². The van der Waals surface area contributed by atoms with E-state index in [0.29, 0.717) is 5.82 Å². The zero-order valence-electron chi connectivity index (χ0n) is 6.67. The molecule has 0 unspecified atom stereocenters. The van der Waals surface area contributed by atoms with Gasteiger partial charge in [0.1, 0.15) is 11.7 Å². The lowest BCUT2D eigenvalue weighted by molar-refractivity contribution is -0.113. The predicted octanol–water partition coefficient (Wildman–Crippen LogP) is 1.57. The van der Waals surface area contributed by atoms with Gasteiger partial charge in [-0.25, -0.2) is 4.98 Å². The van der Waals surface area contributed by atoms with Crippen LogP contribution in [0.15, 0.2) is 18.3 Å². The number of halogens is 1. The molecule has 1 N–H and O–H groups in total. The van der Waals surface area contributed by atoms with Crippen LogP contribution in [-0.2, 0) is 4.79 Å². The Morgan fingerprint density at radius 1 is 1.75 bits per heavy atom. The minimum atomic E-state index is -0.241. The monoisotopic (exact) mass is 184 g/mol. The lowest BCUT2D eigenvalue weighted by Gasteiger charge is -2.01. The first kappa shape index (κ1) is 9.00. The van der Waals surface area contributed by atoms with E-state index in [-0.39, 0.29) is 11.8 Å². The number of pyridine rings is 1. The topological polar surface area (TPSA) is 42.0 Å². The van der Waals surface area contributed by atoms with Gasteiger partial charge in [0.25, 0.3) is 0 Å². The number of carbonyl (C=O) groups excluding carboxylic acids is 1. The van der Waals surface area contributed by atoms with Crippen molar-refractivity contribution < 1.29 is 4.79 Å². The molecule has 64 valence electrons. The molecule has 0 saturated carbocycles. The van der Waals surface area contributed by atoms with E-state index in [1.165, 1.54) is 0 Å². The van der Waals surface area contributed by atoms with Gasteiger partial charge in [-0.05, 0) is 24.6 Å². The van der Waals surface area contributed by atoms with Crippen LogP contribution in [0.4, 0.5) is 5.82 Å². The van der Waals surface area contributed by atoms with Crippen molar-refractivity contribution in [2.24, 2.45) is 0 Å². The first-order valence-corrected chi connectivity index (χ1v) is 4.04. The minimum absolute atomic E-state index is 0.0460. The number of aromatic nitrogens is 1. The number of hydrogen-bond donors (Lipinski definition) is 1. The predicted molar refractivity (Wildman–Crippen MR) is 48.3 cm³/mol. The van der Waals surface area contributed by atoms with Crippen LogP contribution in [0, 0.1) is 6.92 Å².